The van der Waals surface area contributed by atoms with Crippen molar-refractivity contribution in [3.63, 3.8) is 0 Å². The second-order valence-electron chi connectivity index (χ2n) is 8.67. The maximum absolute atomic E-state index is 13.9. The highest BCUT2D eigenvalue weighted by Gasteiger charge is 2.53. The highest BCUT2D eigenvalue weighted by Crippen LogP contribution is 2.37. The number of sulfonamides is 1. The summed E-state index contributed by atoms with van der Waals surface area (Å²) in [6.07, 6.45) is 0. The number of hydrogen-bond donors (Lipinski definition) is 1. The van der Waals surface area contributed by atoms with Gasteiger partial charge in [-0.15, -0.1) is 0 Å². The first-order chi connectivity index (χ1) is 16.1. The molecule has 1 aliphatic heterocycles. The Morgan fingerprint density at radius 2 is 1.56 bits per heavy atom. The Balaban J connectivity index is 1.77. The molecule has 1 fully saturated rings. The molecule has 1 N–H and O–H groups in total. The number of nitrogens with one attached hydrogen (secondary N) is 1. The lowest BCUT2D eigenvalue weighted by atomic mass is 9.81. The highest BCUT2D eigenvalue weighted by atomic mass is 32.2. The molecular weight excluding hydrogens is 450 g/mol. The van der Waals surface area contributed by atoms with Crippen LogP contribution in [0.15, 0.2) is 77.7 Å². The van der Waals surface area contributed by atoms with Gasteiger partial charge in [0.25, 0.3) is 5.91 Å². The van der Waals surface area contributed by atoms with Gasteiger partial charge in [0.1, 0.15) is 0 Å². The molecule has 3 amide bonds. The summed E-state index contributed by atoms with van der Waals surface area (Å²) in [5.41, 5.74) is 2.59. The van der Waals surface area contributed by atoms with Gasteiger partial charge in [-0.3, -0.25) is 9.69 Å². The summed E-state index contributed by atoms with van der Waals surface area (Å²) in [5.74, 6) is -0.409. The van der Waals surface area contributed by atoms with Crippen LogP contribution in [0.4, 0.5) is 4.79 Å². The van der Waals surface area contributed by atoms with E-state index in [2.05, 4.69) is 5.32 Å². The third-order valence-corrected chi connectivity index (χ3v) is 8.08. The standard InChI is InChI=1S/C26H27N3O4S/c1-18-13-14-22(15-19(18)2)26(21-10-6-5-7-11-21)24(30)29(25(31)27-26)17-20-9-8-12-23(16-20)34(32,33)28(3)4/h5-16H,17H2,1-4H3,(H,27,31)/t26-/m0/s1. The van der Waals surface area contributed by atoms with Crippen LogP contribution in [-0.4, -0.2) is 43.7 Å². The minimum atomic E-state index is -3.65. The van der Waals surface area contributed by atoms with E-state index in [0.29, 0.717) is 16.7 Å². The van der Waals surface area contributed by atoms with Gasteiger partial charge in [-0.2, -0.15) is 0 Å². The molecule has 0 unspecified atom stereocenters. The number of imide groups is 1. The summed E-state index contributed by atoms with van der Waals surface area (Å²) in [6.45, 7) is 3.90. The fourth-order valence-corrected chi connectivity index (χ4v) is 5.11. The number of hydrogen-bond acceptors (Lipinski definition) is 4. The first-order valence-corrected chi connectivity index (χ1v) is 12.3. The summed E-state index contributed by atoms with van der Waals surface area (Å²) < 4.78 is 26.2. The van der Waals surface area contributed by atoms with Crippen LogP contribution < -0.4 is 5.32 Å². The van der Waals surface area contributed by atoms with Crippen LogP contribution >= 0.6 is 0 Å². The Morgan fingerprint density at radius 1 is 0.853 bits per heavy atom. The monoisotopic (exact) mass is 477 g/mol. The zero-order valence-corrected chi connectivity index (χ0v) is 20.4. The second kappa shape index (κ2) is 8.70. The van der Waals surface area contributed by atoms with Crippen LogP contribution in [-0.2, 0) is 26.9 Å². The largest absolute Gasteiger partial charge is 0.325 e. The lowest BCUT2D eigenvalue weighted by molar-refractivity contribution is -0.130. The minimum absolute atomic E-state index is 0.0547. The molecule has 1 atom stereocenters. The molecule has 0 spiro atoms. The number of carbonyl (C=O) groups is 2. The smallest absolute Gasteiger partial charge is 0.315 e. The molecule has 0 saturated carbocycles. The van der Waals surface area contributed by atoms with Gasteiger partial charge in [0.2, 0.25) is 10.0 Å². The minimum Gasteiger partial charge on any atom is -0.315 e. The van der Waals surface area contributed by atoms with Gasteiger partial charge in [0.15, 0.2) is 5.54 Å². The van der Waals surface area contributed by atoms with E-state index in [0.717, 1.165) is 20.3 Å². The van der Waals surface area contributed by atoms with Crippen LogP contribution in [0.5, 0.6) is 0 Å². The van der Waals surface area contributed by atoms with Gasteiger partial charge in [0, 0.05) is 14.1 Å². The van der Waals surface area contributed by atoms with E-state index >= 15 is 0 Å². The molecule has 1 heterocycles. The van der Waals surface area contributed by atoms with Crippen LogP contribution in [0.2, 0.25) is 0 Å². The quantitative estimate of drug-likeness (QED) is 0.550. The Kier molecular flexibility index (Phi) is 6.05. The van der Waals surface area contributed by atoms with Gasteiger partial charge in [-0.05, 0) is 53.8 Å². The van der Waals surface area contributed by atoms with Crippen LogP contribution in [0.3, 0.4) is 0 Å². The van der Waals surface area contributed by atoms with Crippen molar-refractivity contribution in [2.45, 2.75) is 30.8 Å². The van der Waals surface area contributed by atoms with Gasteiger partial charge < -0.3 is 5.32 Å². The van der Waals surface area contributed by atoms with E-state index in [9.17, 15) is 18.0 Å². The van der Waals surface area contributed by atoms with Crippen molar-refractivity contribution in [1.29, 1.82) is 0 Å². The first kappa shape index (κ1) is 23.7. The van der Waals surface area contributed by atoms with E-state index in [1.807, 2.05) is 62.4 Å². The molecule has 3 aromatic carbocycles. The van der Waals surface area contributed by atoms with Crippen molar-refractivity contribution >= 4 is 22.0 Å². The molecule has 8 heteroatoms. The number of benzene rings is 3. The molecule has 3 aromatic rings. The van der Waals surface area contributed by atoms with Crippen molar-refractivity contribution in [3.05, 3.63) is 101 Å². The van der Waals surface area contributed by atoms with E-state index < -0.39 is 27.5 Å². The molecule has 1 saturated heterocycles. The molecule has 0 aromatic heterocycles. The van der Waals surface area contributed by atoms with Crippen LogP contribution in [0.25, 0.3) is 0 Å². The number of urea groups is 1. The third-order valence-electron chi connectivity index (χ3n) is 6.27. The summed E-state index contributed by atoms with van der Waals surface area (Å²) >= 11 is 0. The molecule has 176 valence electrons. The third kappa shape index (κ3) is 3.89. The zero-order valence-electron chi connectivity index (χ0n) is 19.6. The summed E-state index contributed by atoms with van der Waals surface area (Å²) in [7, 11) is -0.737. The lowest BCUT2D eigenvalue weighted by Gasteiger charge is -2.28. The van der Waals surface area contributed by atoms with Gasteiger partial charge in [-0.1, -0.05) is 60.7 Å². The predicted molar refractivity (Wildman–Crippen MR) is 130 cm³/mol. The van der Waals surface area contributed by atoms with Crippen molar-refractivity contribution < 1.29 is 18.0 Å². The number of carbonyl (C=O) groups excluding carboxylic acids is 2. The summed E-state index contributed by atoms with van der Waals surface area (Å²) in [4.78, 5) is 28.4. The van der Waals surface area contributed by atoms with E-state index in [4.69, 9.17) is 0 Å². The normalized spacial score (nSPS) is 18.4. The van der Waals surface area contributed by atoms with Crippen molar-refractivity contribution in [3.8, 4) is 0 Å². The second-order valence-corrected chi connectivity index (χ2v) is 10.8. The lowest BCUT2D eigenvalue weighted by Crippen LogP contribution is -2.45. The highest BCUT2D eigenvalue weighted by molar-refractivity contribution is 7.89. The topological polar surface area (TPSA) is 86.8 Å². The molecule has 0 aliphatic carbocycles. The average Bonchev–Trinajstić information content (AvgIpc) is 3.07. The molecular formula is C26H27N3O4S. The zero-order chi connectivity index (χ0) is 24.7. The molecule has 7 nitrogen and oxygen atoms in total. The average molecular weight is 478 g/mol. The molecule has 1 aliphatic rings. The maximum Gasteiger partial charge on any atom is 0.325 e. The maximum atomic E-state index is 13.9. The number of rotatable bonds is 6. The number of amides is 3. The Bertz CT molecular complexity index is 1370. The van der Waals surface area contributed by atoms with E-state index in [1.54, 1.807) is 12.1 Å². The van der Waals surface area contributed by atoms with Gasteiger partial charge in [0.05, 0.1) is 11.4 Å². The molecule has 4 rings (SSSR count). The molecule has 34 heavy (non-hydrogen) atoms. The van der Waals surface area contributed by atoms with E-state index in [-0.39, 0.29) is 11.4 Å². The van der Waals surface area contributed by atoms with Gasteiger partial charge in [-0.25, -0.2) is 17.5 Å². The Morgan fingerprint density at radius 3 is 2.21 bits per heavy atom. The van der Waals surface area contributed by atoms with E-state index in [1.165, 1.54) is 26.2 Å². The van der Waals surface area contributed by atoms with Gasteiger partial charge >= 0.3 is 6.03 Å². The SMILES string of the molecule is Cc1ccc([C@]2(c3ccccc3)NC(=O)N(Cc3cccc(S(=O)(=O)N(C)C)c3)C2=O)cc1C. The summed E-state index contributed by atoms with van der Waals surface area (Å²) in [6, 6.07) is 20.6. The first-order valence-electron chi connectivity index (χ1n) is 10.9. The Hall–Kier alpha value is -3.49. The Labute approximate surface area is 200 Å². The van der Waals surface area contributed by atoms with Crippen molar-refractivity contribution in [2.75, 3.05) is 14.1 Å². The van der Waals surface area contributed by atoms with Crippen LogP contribution in [0.1, 0.15) is 27.8 Å². The fourth-order valence-electron chi connectivity index (χ4n) is 4.14. The van der Waals surface area contributed by atoms with Crippen molar-refractivity contribution in [1.82, 2.24) is 14.5 Å². The summed E-state index contributed by atoms with van der Waals surface area (Å²) in [5, 5.41) is 2.94. The van der Waals surface area contributed by atoms with Crippen molar-refractivity contribution in [2.24, 2.45) is 0 Å². The fraction of sp³-hybridized carbons (Fsp3) is 0.231. The number of nitrogens with zero attached hydrogens (tertiary/aromatic N) is 2. The molecule has 0 bridgehead atoms. The predicted octanol–water partition coefficient (Wildman–Crippen LogP) is 3.55. The number of aryl methyl sites for hydroxylation is 2. The van der Waals surface area contributed by atoms with Crippen LogP contribution in [0, 0.1) is 13.8 Å². The molecule has 0 radical (unpaired) electrons.